The monoisotopic (exact) mass is 259 g/mol. The average Bonchev–Trinajstić information content (AvgIpc) is 2.32. The Balaban J connectivity index is 1.99. The van der Waals surface area contributed by atoms with Gasteiger partial charge in [-0.3, -0.25) is 0 Å². The molecule has 0 radical (unpaired) electrons. The standard InChI is InChI=1S/C18H29N/c1-4-19-18(13-15-6-5-7-15)17-10-8-16(9-11-17)12-14(2)3/h8-11,14-15,18-19H,4-7,12-13H2,1-3H3. The zero-order valence-corrected chi connectivity index (χ0v) is 12.8. The minimum absolute atomic E-state index is 0.559. The fourth-order valence-corrected chi connectivity index (χ4v) is 3.00. The maximum Gasteiger partial charge on any atom is 0.0322 e. The van der Waals surface area contributed by atoms with Crippen molar-refractivity contribution in [2.24, 2.45) is 11.8 Å². The number of benzene rings is 1. The molecular formula is C18H29N. The van der Waals surface area contributed by atoms with Crippen LogP contribution in [0.4, 0.5) is 0 Å². The van der Waals surface area contributed by atoms with Crippen molar-refractivity contribution < 1.29 is 0 Å². The van der Waals surface area contributed by atoms with Crippen LogP contribution in [0.3, 0.4) is 0 Å². The van der Waals surface area contributed by atoms with Gasteiger partial charge in [0.25, 0.3) is 0 Å². The van der Waals surface area contributed by atoms with Crippen LogP contribution in [0.2, 0.25) is 0 Å². The third-order valence-electron chi connectivity index (χ3n) is 4.27. The number of nitrogens with one attached hydrogen (secondary N) is 1. The van der Waals surface area contributed by atoms with E-state index in [2.05, 4.69) is 50.4 Å². The summed E-state index contributed by atoms with van der Waals surface area (Å²) >= 11 is 0. The fraction of sp³-hybridized carbons (Fsp3) is 0.667. The third-order valence-corrected chi connectivity index (χ3v) is 4.27. The van der Waals surface area contributed by atoms with E-state index in [1.807, 2.05) is 0 Å². The Morgan fingerprint density at radius 2 is 1.84 bits per heavy atom. The van der Waals surface area contributed by atoms with Gasteiger partial charge in [0.05, 0.1) is 0 Å². The summed E-state index contributed by atoms with van der Waals surface area (Å²) in [5.74, 6) is 1.70. The molecule has 1 aliphatic rings. The summed E-state index contributed by atoms with van der Waals surface area (Å²) in [5.41, 5.74) is 2.94. The highest BCUT2D eigenvalue weighted by atomic mass is 14.9. The molecule has 1 aromatic carbocycles. The Kier molecular flexibility index (Phi) is 5.45. The van der Waals surface area contributed by atoms with Crippen LogP contribution in [0.5, 0.6) is 0 Å². The molecule has 1 heteroatoms. The lowest BCUT2D eigenvalue weighted by Crippen LogP contribution is -2.25. The van der Waals surface area contributed by atoms with Crippen LogP contribution in [0.15, 0.2) is 24.3 Å². The predicted octanol–water partition coefficient (Wildman–Crippen LogP) is 4.73. The first-order valence-corrected chi connectivity index (χ1v) is 8.01. The second kappa shape index (κ2) is 7.09. The second-order valence-corrected chi connectivity index (χ2v) is 6.48. The Hall–Kier alpha value is -0.820. The molecule has 19 heavy (non-hydrogen) atoms. The van der Waals surface area contributed by atoms with Gasteiger partial charge in [0.1, 0.15) is 0 Å². The van der Waals surface area contributed by atoms with Crippen molar-refractivity contribution in [1.82, 2.24) is 5.32 Å². The molecule has 1 unspecified atom stereocenters. The highest BCUT2D eigenvalue weighted by Crippen LogP contribution is 2.34. The molecule has 0 heterocycles. The van der Waals surface area contributed by atoms with Gasteiger partial charge >= 0.3 is 0 Å². The zero-order chi connectivity index (χ0) is 13.7. The van der Waals surface area contributed by atoms with E-state index in [9.17, 15) is 0 Å². The predicted molar refractivity (Wildman–Crippen MR) is 83.4 cm³/mol. The normalized spacial score (nSPS) is 17.5. The van der Waals surface area contributed by atoms with E-state index in [4.69, 9.17) is 0 Å². The van der Waals surface area contributed by atoms with E-state index in [1.165, 1.54) is 43.2 Å². The van der Waals surface area contributed by atoms with Crippen LogP contribution < -0.4 is 5.32 Å². The van der Waals surface area contributed by atoms with E-state index in [0.717, 1.165) is 18.4 Å². The molecule has 0 aliphatic heterocycles. The van der Waals surface area contributed by atoms with Crippen molar-refractivity contribution in [3.8, 4) is 0 Å². The van der Waals surface area contributed by atoms with Gasteiger partial charge in [0.15, 0.2) is 0 Å². The highest BCUT2D eigenvalue weighted by molar-refractivity contribution is 5.25. The molecule has 1 saturated carbocycles. The van der Waals surface area contributed by atoms with E-state index in [-0.39, 0.29) is 0 Å². The van der Waals surface area contributed by atoms with Gasteiger partial charge in [-0.25, -0.2) is 0 Å². The molecule has 1 aromatic rings. The summed E-state index contributed by atoms with van der Waals surface area (Å²) in [7, 11) is 0. The fourth-order valence-electron chi connectivity index (χ4n) is 3.00. The van der Waals surface area contributed by atoms with E-state index < -0.39 is 0 Å². The van der Waals surface area contributed by atoms with E-state index in [0.29, 0.717) is 6.04 Å². The van der Waals surface area contributed by atoms with Gasteiger partial charge in [0, 0.05) is 6.04 Å². The Labute approximate surface area is 118 Å². The van der Waals surface area contributed by atoms with Gasteiger partial charge < -0.3 is 5.32 Å². The molecule has 1 aliphatic carbocycles. The average molecular weight is 259 g/mol. The largest absolute Gasteiger partial charge is 0.310 e. The molecule has 106 valence electrons. The Morgan fingerprint density at radius 3 is 2.32 bits per heavy atom. The summed E-state index contributed by atoms with van der Waals surface area (Å²) in [6.07, 6.45) is 6.82. The minimum atomic E-state index is 0.559. The smallest absolute Gasteiger partial charge is 0.0322 e. The van der Waals surface area contributed by atoms with E-state index in [1.54, 1.807) is 0 Å². The lowest BCUT2D eigenvalue weighted by Gasteiger charge is -2.30. The van der Waals surface area contributed by atoms with Gasteiger partial charge in [0.2, 0.25) is 0 Å². The Morgan fingerprint density at radius 1 is 1.16 bits per heavy atom. The first-order chi connectivity index (χ1) is 9.19. The summed E-state index contributed by atoms with van der Waals surface area (Å²) in [4.78, 5) is 0. The van der Waals surface area contributed by atoms with Crippen molar-refractivity contribution in [3.05, 3.63) is 35.4 Å². The number of hydrogen-bond acceptors (Lipinski definition) is 1. The first-order valence-electron chi connectivity index (χ1n) is 8.01. The van der Waals surface area contributed by atoms with Crippen LogP contribution in [0, 0.1) is 11.8 Å². The van der Waals surface area contributed by atoms with Crippen molar-refractivity contribution in [3.63, 3.8) is 0 Å². The first kappa shape index (κ1) is 14.6. The summed E-state index contributed by atoms with van der Waals surface area (Å²) in [6.45, 7) is 7.84. The van der Waals surface area contributed by atoms with Crippen molar-refractivity contribution in [1.29, 1.82) is 0 Å². The van der Waals surface area contributed by atoms with Crippen molar-refractivity contribution in [2.45, 2.75) is 58.9 Å². The molecule has 1 atom stereocenters. The van der Waals surface area contributed by atoms with Crippen LogP contribution in [0.1, 0.15) is 63.6 Å². The van der Waals surface area contributed by atoms with Gasteiger partial charge in [-0.1, -0.05) is 64.3 Å². The zero-order valence-electron chi connectivity index (χ0n) is 12.8. The summed E-state index contributed by atoms with van der Waals surface area (Å²) in [5, 5.41) is 3.66. The van der Waals surface area contributed by atoms with Crippen LogP contribution in [0.25, 0.3) is 0 Å². The Bertz CT molecular complexity index is 362. The van der Waals surface area contributed by atoms with Gasteiger partial charge in [-0.2, -0.15) is 0 Å². The molecule has 1 nitrogen and oxygen atoms in total. The summed E-state index contributed by atoms with van der Waals surface area (Å²) < 4.78 is 0. The lowest BCUT2D eigenvalue weighted by molar-refractivity contribution is 0.262. The minimum Gasteiger partial charge on any atom is -0.310 e. The van der Waals surface area contributed by atoms with E-state index >= 15 is 0 Å². The number of rotatable bonds is 7. The third kappa shape index (κ3) is 4.35. The molecule has 0 bridgehead atoms. The molecule has 1 N–H and O–H groups in total. The molecule has 1 fully saturated rings. The van der Waals surface area contributed by atoms with Crippen LogP contribution in [-0.2, 0) is 6.42 Å². The molecule has 0 amide bonds. The number of hydrogen-bond donors (Lipinski definition) is 1. The van der Waals surface area contributed by atoms with Crippen molar-refractivity contribution in [2.75, 3.05) is 6.54 Å². The quantitative estimate of drug-likeness (QED) is 0.746. The van der Waals surface area contributed by atoms with Gasteiger partial charge in [-0.05, 0) is 42.3 Å². The SMILES string of the molecule is CCNC(CC1CCC1)c1ccc(CC(C)C)cc1. The topological polar surface area (TPSA) is 12.0 Å². The van der Waals surface area contributed by atoms with Crippen LogP contribution >= 0.6 is 0 Å². The second-order valence-electron chi connectivity index (χ2n) is 6.48. The van der Waals surface area contributed by atoms with Gasteiger partial charge in [-0.15, -0.1) is 0 Å². The molecule has 0 saturated heterocycles. The lowest BCUT2D eigenvalue weighted by atomic mass is 9.79. The molecular weight excluding hydrogens is 230 g/mol. The van der Waals surface area contributed by atoms with Crippen molar-refractivity contribution >= 4 is 0 Å². The maximum atomic E-state index is 3.66. The van der Waals surface area contributed by atoms with Crippen LogP contribution in [-0.4, -0.2) is 6.54 Å². The molecule has 0 spiro atoms. The molecule has 2 rings (SSSR count). The summed E-state index contributed by atoms with van der Waals surface area (Å²) in [6, 6.07) is 9.87. The molecule has 0 aromatic heterocycles. The maximum absolute atomic E-state index is 3.66. The highest BCUT2D eigenvalue weighted by Gasteiger charge is 2.22.